The first kappa shape index (κ1) is 21.8. The van der Waals surface area contributed by atoms with Crippen LogP contribution in [-0.4, -0.2) is 21.1 Å². The Bertz CT molecular complexity index is 1540. The zero-order chi connectivity index (χ0) is 23.7. The van der Waals surface area contributed by atoms with Gasteiger partial charge in [0.25, 0.3) is 0 Å². The number of esters is 2. The van der Waals surface area contributed by atoms with Crippen LogP contribution in [0.2, 0.25) is 0 Å². The van der Waals surface area contributed by atoms with Gasteiger partial charge in [0.2, 0.25) is 0 Å². The molecule has 0 unspecified atom stereocenters. The number of nitrogens with zero attached hydrogens (tertiary/aromatic N) is 2. The van der Waals surface area contributed by atoms with Crippen LogP contribution in [0, 0.1) is 0 Å². The minimum Gasteiger partial charge on any atom is -0.421 e. The van der Waals surface area contributed by atoms with Crippen molar-refractivity contribution in [2.24, 2.45) is 0 Å². The molecule has 0 radical (unpaired) electrons. The van der Waals surface area contributed by atoms with Gasteiger partial charge in [-0.15, -0.1) is 0 Å². The average molecular weight is 493 g/mol. The second-order valence-electron chi connectivity index (χ2n) is 7.24. The quantitative estimate of drug-likeness (QED) is 0.265. The summed E-state index contributed by atoms with van der Waals surface area (Å²) in [7, 11) is 0. The third-order valence-corrected chi connectivity index (χ3v) is 6.94. The molecule has 0 saturated heterocycles. The summed E-state index contributed by atoms with van der Waals surface area (Å²) >= 11 is 2.09. The molecule has 0 spiro atoms. The van der Waals surface area contributed by atoms with Crippen LogP contribution in [0.15, 0.2) is 82.4 Å². The summed E-state index contributed by atoms with van der Waals surface area (Å²) in [4.78, 5) is 49.2. The fourth-order valence-corrected chi connectivity index (χ4v) is 5.30. The molecule has 0 bridgehead atoms. The van der Waals surface area contributed by atoms with Crippen LogP contribution >= 0.6 is 22.7 Å². The van der Waals surface area contributed by atoms with Crippen LogP contribution in [0.1, 0.15) is 0 Å². The van der Waals surface area contributed by atoms with Gasteiger partial charge in [-0.3, -0.25) is 18.7 Å². The molecule has 0 aliphatic rings. The van der Waals surface area contributed by atoms with Crippen molar-refractivity contribution in [1.29, 1.82) is 0 Å². The molecule has 0 atom stereocenters. The van der Waals surface area contributed by atoms with Gasteiger partial charge in [-0.1, -0.05) is 59.1 Å². The number of carbonyl (C=O) groups is 2. The largest absolute Gasteiger partial charge is 0.421 e. The molecule has 0 fully saturated rings. The fraction of sp³-hybridized carbons (Fsp3) is 0.0833. The molecule has 0 aliphatic heterocycles. The van der Waals surface area contributed by atoms with Crippen molar-refractivity contribution in [1.82, 2.24) is 9.13 Å². The lowest BCUT2D eigenvalue weighted by Crippen LogP contribution is -2.24. The van der Waals surface area contributed by atoms with Crippen LogP contribution in [0.5, 0.6) is 11.5 Å². The van der Waals surface area contributed by atoms with E-state index in [1.54, 1.807) is 48.5 Å². The summed E-state index contributed by atoms with van der Waals surface area (Å²) in [6, 6.07) is 20.6. The standard InChI is InChI=1S/C24H16N2O6S2/c27-21(13-25-15-7-1-5-11-19(15)33-23(25)29)31-17-9-3-4-10-18(17)32-22(28)14-26-16-8-2-6-12-20(16)34-24(26)30/h1-12H,13-14H2. The lowest BCUT2D eigenvalue weighted by molar-refractivity contribution is -0.137. The highest BCUT2D eigenvalue weighted by atomic mass is 32.1. The lowest BCUT2D eigenvalue weighted by atomic mass is 10.3. The van der Waals surface area contributed by atoms with E-state index in [1.807, 2.05) is 12.1 Å². The minimum atomic E-state index is -0.686. The van der Waals surface area contributed by atoms with Gasteiger partial charge in [-0.05, 0) is 36.4 Å². The smallest absolute Gasteiger partial charge is 0.331 e. The maximum absolute atomic E-state index is 12.6. The summed E-state index contributed by atoms with van der Waals surface area (Å²) in [6.45, 7) is -0.581. The molecular formula is C24H16N2O6S2. The van der Waals surface area contributed by atoms with E-state index in [1.165, 1.54) is 21.3 Å². The Balaban J connectivity index is 1.32. The maximum atomic E-state index is 12.6. The summed E-state index contributed by atoms with van der Waals surface area (Å²) in [6.07, 6.45) is 0. The van der Waals surface area contributed by atoms with Crippen LogP contribution in [0.3, 0.4) is 0 Å². The first-order valence-corrected chi connectivity index (χ1v) is 11.8. The van der Waals surface area contributed by atoms with Gasteiger partial charge in [0, 0.05) is 0 Å². The highest BCUT2D eigenvalue weighted by Crippen LogP contribution is 2.27. The third-order valence-electron chi connectivity index (χ3n) is 5.02. The van der Waals surface area contributed by atoms with Gasteiger partial charge in [0.15, 0.2) is 11.5 Å². The number of ether oxygens (including phenoxy) is 2. The van der Waals surface area contributed by atoms with E-state index in [2.05, 4.69) is 0 Å². The first-order valence-electron chi connectivity index (χ1n) is 10.2. The molecule has 5 rings (SSSR count). The minimum absolute atomic E-state index is 0.0379. The van der Waals surface area contributed by atoms with Crippen molar-refractivity contribution in [3.8, 4) is 11.5 Å². The Hall–Kier alpha value is -4.02. The molecule has 2 aromatic heterocycles. The van der Waals surface area contributed by atoms with Gasteiger partial charge in [0.1, 0.15) is 13.1 Å². The molecule has 10 heteroatoms. The Morgan fingerprint density at radius 2 is 1.00 bits per heavy atom. The van der Waals surface area contributed by atoms with Crippen molar-refractivity contribution in [2.45, 2.75) is 13.1 Å². The van der Waals surface area contributed by atoms with E-state index in [0.29, 0.717) is 11.0 Å². The van der Waals surface area contributed by atoms with Gasteiger partial charge in [-0.25, -0.2) is 9.59 Å². The molecular weight excluding hydrogens is 476 g/mol. The van der Waals surface area contributed by atoms with Crippen molar-refractivity contribution in [3.05, 3.63) is 92.1 Å². The Morgan fingerprint density at radius 3 is 1.44 bits per heavy atom. The number of rotatable bonds is 6. The molecule has 8 nitrogen and oxygen atoms in total. The average Bonchev–Trinajstić information content (AvgIpc) is 3.31. The van der Waals surface area contributed by atoms with E-state index in [0.717, 1.165) is 32.1 Å². The van der Waals surface area contributed by atoms with Crippen molar-refractivity contribution >= 4 is 55.0 Å². The second-order valence-corrected chi connectivity index (χ2v) is 9.22. The molecule has 0 amide bonds. The van der Waals surface area contributed by atoms with E-state index in [9.17, 15) is 19.2 Å². The predicted octanol–water partition coefficient (Wildman–Crippen LogP) is 3.65. The Kier molecular flexibility index (Phi) is 5.83. The summed E-state index contributed by atoms with van der Waals surface area (Å²) in [5.41, 5.74) is 1.28. The van der Waals surface area contributed by atoms with E-state index >= 15 is 0 Å². The fourth-order valence-electron chi connectivity index (χ4n) is 3.51. The summed E-state index contributed by atoms with van der Waals surface area (Å²) in [5, 5.41) is 0. The number of para-hydroxylation sites is 4. The van der Waals surface area contributed by atoms with Crippen molar-refractivity contribution in [3.63, 3.8) is 0 Å². The lowest BCUT2D eigenvalue weighted by Gasteiger charge is -2.11. The van der Waals surface area contributed by atoms with Gasteiger partial charge in [0.05, 0.1) is 20.4 Å². The summed E-state index contributed by atoms with van der Waals surface area (Å²) in [5.74, 6) is -1.30. The Morgan fingerprint density at radius 1 is 0.618 bits per heavy atom. The molecule has 2 heterocycles. The molecule has 0 saturated carbocycles. The number of hydrogen-bond acceptors (Lipinski definition) is 8. The van der Waals surface area contributed by atoms with Crippen LogP contribution in [0.4, 0.5) is 0 Å². The van der Waals surface area contributed by atoms with Crippen LogP contribution in [0.25, 0.3) is 20.4 Å². The van der Waals surface area contributed by atoms with Crippen LogP contribution < -0.4 is 19.2 Å². The predicted molar refractivity (Wildman–Crippen MR) is 130 cm³/mol. The topological polar surface area (TPSA) is 96.6 Å². The summed E-state index contributed by atoms with van der Waals surface area (Å²) < 4.78 is 15.0. The van der Waals surface area contributed by atoms with Crippen molar-refractivity contribution in [2.75, 3.05) is 0 Å². The first-order chi connectivity index (χ1) is 16.5. The van der Waals surface area contributed by atoms with Gasteiger partial charge in [-0.2, -0.15) is 0 Å². The van der Waals surface area contributed by atoms with Gasteiger partial charge >= 0.3 is 21.7 Å². The number of thiazole rings is 2. The van der Waals surface area contributed by atoms with E-state index < -0.39 is 11.9 Å². The molecule has 0 aliphatic carbocycles. The monoisotopic (exact) mass is 492 g/mol. The number of fused-ring (bicyclic) bond motifs is 2. The zero-order valence-corrected chi connectivity index (χ0v) is 19.1. The molecule has 0 N–H and O–H groups in total. The molecule has 5 aromatic rings. The van der Waals surface area contributed by atoms with Crippen molar-refractivity contribution < 1.29 is 19.1 Å². The molecule has 34 heavy (non-hydrogen) atoms. The number of carbonyl (C=O) groups excluding carboxylic acids is 2. The highest BCUT2D eigenvalue weighted by molar-refractivity contribution is 7.16. The third kappa shape index (κ3) is 4.28. The second kappa shape index (κ2) is 9.08. The van der Waals surface area contributed by atoms with E-state index in [-0.39, 0.29) is 34.3 Å². The SMILES string of the molecule is O=C(Cn1c(=O)sc2ccccc21)Oc1ccccc1OC(=O)Cn1c(=O)sc2ccccc21. The van der Waals surface area contributed by atoms with Crippen LogP contribution in [-0.2, 0) is 22.7 Å². The zero-order valence-electron chi connectivity index (χ0n) is 17.5. The molecule has 170 valence electrons. The highest BCUT2D eigenvalue weighted by Gasteiger charge is 2.18. The number of benzene rings is 3. The Labute approximate surface area is 199 Å². The number of hydrogen-bond donors (Lipinski definition) is 0. The normalized spacial score (nSPS) is 11.1. The maximum Gasteiger partial charge on any atom is 0.331 e. The molecule has 3 aromatic carbocycles. The van der Waals surface area contributed by atoms with Gasteiger partial charge < -0.3 is 9.47 Å². The number of aromatic nitrogens is 2. The van der Waals surface area contributed by atoms with E-state index in [4.69, 9.17) is 9.47 Å².